The predicted octanol–water partition coefficient (Wildman–Crippen LogP) is -8.97. The van der Waals surface area contributed by atoms with Crippen molar-refractivity contribution in [1.29, 1.82) is 0 Å². The fraction of sp³-hybridized carbons (Fsp3) is 0.571. The van der Waals surface area contributed by atoms with E-state index in [4.69, 9.17) is 5.11 Å². The van der Waals surface area contributed by atoms with E-state index in [2.05, 4.69) is 0 Å². The van der Waals surface area contributed by atoms with Crippen LogP contribution in [0.5, 0.6) is 0 Å². The van der Waals surface area contributed by atoms with Gasteiger partial charge in [-0.1, -0.05) is 0 Å². The number of hydrogen-bond acceptors (Lipinski definition) is 5. The van der Waals surface area contributed by atoms with Crippen molar-refractivity contribution >= 4 is 18.0 Å². The summed E-state index contributed by atoms with van der Waals surface area (Å²) >= 11 is 0. The summed E-state index contributed by atoms with van der Waals surface area (Å²) in [4.78, 5) is 30.5. The number of aliphatic hydroxyl groups is 1. The van der Waals surface area contributed by atoms with Crippen LogP contribution in [0.3, 0.4) is 0 Å². The summed E-state index contributed by atoms with van der Waals surface area (Å²) in [6.45, 7) is 1.11. The maximum Gasteiger partial charge on any atom is 1.00 e. The summed E-state index contributed by atoms with van der Waals surface area (Å²) in [7, 11) is 0. The maximum atomic E-state index is 10.5. The molecule has 0 aliphatic carbocycles. The first-order valence-corrected chi connectivity index (χ1v) is 3.20. The minimum atomic E-state index is -2.40. The van der Waals surface area contributed by atoms with Crippen molar-refractivity contribution in [3.8, 4) is 0 Å². The Labute approximate surface area is 172 Å². The molecule has 8 heteroatoms. The van der Waals surface area contributed by atoms with Gasteiger partial charge in [-0.05, 0) is 6.92 Å². The third-order valence-corrected chi connectivity index (χ3v) is 1.29. The Morgan fingerprint density at radius 1 is 1.40 bits per heavy atom. The SMILES string of the molecule is CC(=O)CC(O)(C[C-]=O)C(=O)[O-].[K+].[K+].[OH3+]. The second-order valence-corrected chi connectivity index (χ2v) is 2.52. The minimum Gasteiger partial charge on any atom is -0.547 e. The van der Waals surface area contributed by atoms with E-state index in [-0.39, 0.29) is 108 Å². The zero-order valence-corrected chi connectivity index (χ0v) is 15.3. The van der Waals surface area contributed by atoms with Gasteiger partial charge in [0.2, 0.25) is 0 Å². The van der Waals surface area contributed by atoms with E-state index in [9.17, 15) is 19.5 Å². The first kappa shape index (κ1) is 25.8. The molecule has 6 nitrogen and oxygen atoms in total. The molecule has 0 heterocycles. The smallest absolute Gasteiger partial charge is 0.547 e. The molecule has 0 radical (unpaired) electrons. The molecule has 15 heavy (non-hydrogen) atoms. The average Bonchev–Trinajstić information content (AvgIpc) is 1.85. The van der Waals surface area contributed by atoms with Crippen molar-refractivity contribution in [3.63, 3.8) is 0 Å². The molecule has 1 atom stereocenters. The molecule has 0 saturated heterocycles. The van der Waals surface area contributed by atoms with E-state index in [0.29, 0.717) is 0 Å². The molecule has 0 fully saturated rings. The van der Waals surface area contributed by atoms with Gasteiger partial charge >= 0.3 is 103 Å². The van der Waals surface area contributed by atoms with Crippen LogP contribution < -0.4 is 108 Å². The zero-order chi connectivity index (χ0) is 9.78. The van der Waals surface area contributed by atoms with Gasteiger partial charge < -0.3 is 25.3 Å². The second kappa shape index (κ2) is 12.5. The number of ketones is 1. The second-order valence-electron chi connectivity index (χ2n) is 2.52. The summed E-state index contributed by atoms with van der Waals surface area (Å²) in [6.07, 6.45) is -0.167. The fourth-order valence-electron chi connectivity index (χ4n) is 0.738. The monoisotopic (exact) mass is 269 g/mol. The molecule has 0 aliphatic rings. The Balaban J connectivity index is -0.000000202. The number of rotatable bonds is 5. The van der Waals surface area contributed by atoms with Gasteiger partial charge in [0.15, 0.2) is 0 Å². The van der Waals surface area contributed by atoms with Gasteiger partial charge in [0.05, 0.1) is 11.6 Å². The molecule has 76 valence electrons. The van der Waals surface area contributed by atoms with Crippen LogP contribution in [-0.2, 0) is 19.9 Å². The van der Waals surface area contributed by atoms with E-state index in [1.807, 2.05) is 0 Å². The molecule has 0 aliphatic heterocycles. The van der Waals surface area contributed by atoms with Crippen LogP contribution in [0, 0.1) is 0 Å². The van der Waals surface area contributed by atoms with Crippen LogP contribution in [0.25, 0.3) is 0 Å². The molecule has 0 aromatic heterocycles. The van der Waals surface area contributed by atoms with E-state index in [0.717, 1.165) is 6.92 Å². The van der Waals surface area contributed by atoms with Gasteiger partial charge in [-0.15, -0.1) is 6.42 Å². The van der Waals surface area contributed by atoms with Crippen LogP contribution >= 0.6 is 0 Å². The zero-order valence-electron chi connectivity index (χ0n) is 9.07. The number of carboxylic acid groups (broad SMARTS) is 1. The summed E-state index contributed by atoms with van der Waals surface area (Å²) in [5, 5.41) is 19.4. The Kier molecular flexibility index (Phi) is 21.4. The van der Waals surface area contributed by atoms with Crippen LogP contribution in [0.2, 0.25) is 0 Å². The standard InChI is InChI=1S/C7H9O5.2K.H2O/c1-5(9)4-7(12,2-3-8)6(10)11;;;/h12H,2,4H2,1H3,(H,10,11);;;1H2/q-1;2*+1;. The van der Waals surface area contributed by atoms with Crippen LogP contribution in [-0.4, -0.2) is 28.7 Å². The van der Waals surface area contributed by atoms with E-state index < -0.39 is 30.2 Å². The molecular weight excluding hydrogens is 258 g/mol. The molecular formula is C7H11K2O6+. The number of carboxylic acids is 1. The van der Waals surface area contributed by atoms with Gasteiger partial charge in [0.1, 0.15) is 5.78 Å². The number of carbonyl (C=O) groups excluding carboxylic acids is 3. The Hall–Kier alpha value is 2.00. The van der Waals surface area contributed by atoms with Crippen molar-refractivity contribution in [2.45, 2.75) is 25.4 Å². The molecule has 0 spiro atoms. The summed E-state index contributed by atoms with van der Waals surface area (Å²) in [5.74, 6) is -2.36. The predicted molar refractivity (Wildman–Crippen MR) is 40.4 cm³/mol. The minimum absolute atomic E-state index is 0. The molecule has 0 rings (SSSR count). The number of hydrogen-bond donors (Lipinski definition) is 1. The van der Waals surface area contributed by atoms with E-state index in [1.54, 1.807) is 0 Å². The molecule has 4 N–H and O–H groups in total. The Bertz CT molecular complexity index is 220. The van der Waals surface area contributed by atoms with E-state index >= 15 is 0 Å². The van der Waals surface area contributed by atoms with Crippen LogP contribution in [0.1, 0.15) is 19.8 Å². The number of Topliss-reactive ketones (excluding diaryl/α,β-unsaturated/α-hetero) is 1. The van der Waals surface area contributed by atoms with Gasteiger partial charge in [0, 0.05) is 6.42 Å². The van der Waals surface area contributed by atoms with Gasteiger partial charge in [0.25, 0.3) is 0 Å². The Morgan fingerprint density at radius 2 is 1.80 bits per heavy atom. The van der Waals surface area contributed by atoms with Crippen LogP contribution in [0.15, 0.2) is 0 Å². The van der Waals surface area contributed by atoms with E-state index in [1.165, 1.54) is 6.29 Å². The summed E-state index contributed by atoms with van der Waals surface area (Å²) in [5.41, 5.74) is -2.40. The first-order valence-electron chi connectivity index (χ1n) is 3.20. The third kappa shape index (κ3) is 10.9. The Morgan fingerprint density at radius 3 is 2.00 bits per heavy atom. The van der Waals surface area contributed by atoms with Crippen molar-refractivity contribution < 1.29 is 133 Å². The third-order valence-electron chi connectivity index (χ3n) is 1.29. The van der Waals surface area contributed by atoms with Crippen molar-refractivity contribution in [2.24, 2.45) is 0 Å². The number of aliphatic carboxylic acids is 1. The summed E-state index contributed by atoms with van der Waals surface area (Å²) < 4.78 is 0. The largest absolute Gasteiger partial charge is 1.00 e. The van der Waals surface area contributed by atoms with Crippen LogP contribution in [0.4, 0.5) is 0 Å². The van der Waals surface area contributed by atoms with Crippen molar-refractivity contribution in [3.05, 3.63) is 0 Å². The first-order chi connectivity index (χ1) is 5.42. The molecule has 0 aromatic carbocycles. The quantitative estimate of drug-likeness (QED) is 0.301. The molecule has 1 unspecified atom stereocenters. The molecule has 0 aromatic rings. The average molecular weight is 269 g/mol. The topological polar surface area (TPSA) is 128 Å². The van der Waals surface area contributed by atoms with Gasteiger partial charge in [-0.25, -0.2) is 0 Å². The summed E-state index contributed by atoms with van der Waals surface area (Å²) in [6, 6.07) is 0. The molecule has 0 saturated carbocycles. The van der Waals surface area contributed by atoms with Gasteiger partial charge in [-0.3, -0.25) is 11.1 Å². The normalized spacial score (nSPS) is 11.9. The molecule has 0 amide bonds. The molecule has 0 bridgehead atoms. The number of carbonyl (C=O) groups is 2. The van der Waals surface area contributed by atoms with Crippen molar-refractivity contribution in [2.75, 3.05) is 0 Å². The van der Waals surface area contributed by atoms with Gasteiger partial charge in [-0.2, -0.15) is 0 Å². The maximum absolute atomic E-state index is 10.5. The fourth-order valence-corrected chi connectivity index (χ4v) is 0.738. The van der Waals surface area contributed by atoms with Crippen molar-refractivity contribution in [1.82, 2.24) is 0 Å².